The van der Waals surface area contributed by atoms with E-state index in [1.807, 2.05) is 39.0 Å². The smallest absolute Gasteiger partial charge is 0.224 e. The summed E-state index contributed by atoms with van der Waals surface area (Å²) in [5, 5.41) is 2.87. The third-order valence-corrected chi connectivity index (χ3v) is 2.65. The zero-order valence-electron chi connectivity index (χ0n) is 11.3. The minimum atomic E-state index is -0.0299. The number of anilines is 1. The lowest BCUT2D eigenvalue weighted by Gasteiger charge is -2.13. The Labute approximate surface area is 109 Å². The first-order chi connectivity index (χ1) is 8.56. The van der Waals surface area contributed by atoms with Crippen LogP contribution in [-0.4, -0.2) is 19.1 Å². The second-order valence-corrected chi connectivity index (χ2v) is 4.53. The number of amides is 1. The highest BCUT2D eigenvalue weighted by Gasteiger charge is 2.11. The van der Waals surface area contributed by atoms with Gasteiger partial charge >= 0.3 is 0 Å². The number of carbonyl (C=O) groups excluding carboxylic acids is 1. The number of carbonyl (C=O) groups is 1. The fourth-order valence-corrected chi connectivity index (χ4v) is 1.61. The van der Waals surface area contributed by atoms with Crippen molar-refractivity contribution in [2.24, 2.45) is 11.7 Å². The van der Waals surface area contributed by atoms with Crippen molar-refractivity contribution in [3.05, 3.63) is 23.8 Å². The molecule has 4 nitrogen and oxygen atoms in total. The first kappa shape index (κ1) is 14.5. The molecular formula is C14H22N2O2. The maximum Gasteiger partial charge on any atom is 0.224 e. The van der Waals surface area contributed by atoms with E-state index in [9.17, 15) is 4.79 Å². The van der Waals surface area contributed by atoms with Gasteiger partial charge in [-0.2, -0.15) is 0 Å². The zero-order chi connectivity index (χ0) is 13.5. The zero-order valence-corrected chi connectivity index (χ0v) is 11.3. The van der Waals surface area contributed by atoms with Crippen molar-refractivity contribution in [2.45, 2.75) is 27.2 Å². The first-order valence-electron chi connectivity index (χ1n) is 6.30. The van der Waals surface area contributed by atoms with E-state index in [2.05, 4.69) is 5.32 Å². The lowest BCUT2D eigenvalue weighted by molar-refractivity contribution is -0.116. The van der Waals surface area contributed by atoms with Gasteiger partial charge in [0.1, 0.15) is 5.75 Å². The van der Waals surface area contributed by atoms with Crippen LogP contribution in [0.15, 0.2) is 18.2 Å². The number of hydrogen-bond acceptors (Lipinski definition) is 3. The highest BCUT2D eigenvalue weighted by atomic mass is 16.5. The van der Waals surface area contributed by atoms with Crippen LogP contribution in [-0.2, 0) is 4.79 Å². The number of benzene rings is 1. The van der Waals surface area contributed by atoms with Gasteiger partial charge in [-0.15, -0.1) is 0 Å². The van der Waals surface area contributed by atoms with Crippen LogP contribution >= 0.6 is 0 Å². The van der Waals surface area contributed by atoms with Gasteiger partial charge in [0.2, 0.25) is 5.91 Å². The van der Waals surface area contributed by atoms with Crippen molar-refractivity contribution < 1.29 is 9.53 Å². The molecule has 0 aromatic heterocycles. The van der Waals surface area contributed by atoms with Crippen molar-refractivity contribution in [1.29, 1.82) is 0 Å². The van der Waals surface area contributed by atoms with Crippen LogP contribution in [0.3, 0.4) is 0 Å². The molecule has 1 atom stereocenters. The van der Waals surface area contributed by atoms with Crippen molar-refractivity contribution in [3.63, 3.8) is 0 Å². The Balaban J connectivity index is 2.74. The summed E-state index contributed by atoms with van der Waals surface area (Å²) in [5.74, 6) is 0.870. The molecule has 100 valence electrons. The predicted octanol–water partition coefficient (Wildman–Crippen LogP) is 2.32. The number of hydrogen-bond donors (Lipinski definition) is 2. The largest absolute Gasteiger partial charge is 0.492 e. The SMILES string of the molecule is CCOc1cc(C)ccc1NC(=O)CC(C)CN. The van der Waals surface area contributed by atoms with Crippen LogP contribution in [0.4, 0.5) is 5.69 Å². The standard InChI is InChI=1S/C14H22N2O2/c1-4-18-13-7-10(2)5-6-12(13)16-14(17)8-11(3)9-15/h5-7,11H,4,8-9,15H2,1-3H3,(H,16,17). The Morgan fingerprint density at radius 3 is 2.83 bits per heavy atom. The van der Waals surface area contributed by atoms with E-state index in [1.54, 1.807) is 0 Å². The summed E-state index contributed by atoms with van der Waals surface area (Å²) >= 11 is 0. The quantitative estimate of drug-likeness (QED) is 0.814. The third-order valence-electron chi connectivity index (χ3n) is 2.65. The highest BCUT2D eigenvalue weighted by Crippen LogP contribution is 2.26. The van der Waals surface area contributed by atoms with Gasteiger partial charge < -0.3 is 15.8 Å². The summed E-state index contributed by atoms with van der Waals surface area (Å²) in [6.07, 6.45) is 0.427. The van der Waals surface area contributed by atoms with Crippen molar-refractivity contribution in [3.8, 4) is 5.75 Å². The van der Waals surface area contributed by atoms with Crippen LogP contribution in [0.25, 0.3) is 0 Å². The summed E-state index contributed by atoms with van der Waals surface area (Å²) < 4.78 is 5.51. The van der Waals surface area contributed by atoms with Gasteiger partial charge in [0.15, 0.2) is 0 Å². The molecule has 1 unspecified atom stereocenters. The van der Waals surface area contributed by atoms with Gasteiger partial charge in [0, 0.05) is 6.42 Å². The Bertz CT molecular complexity index is 405. The fourth-order valence-electron chi connectivity index (χ4n) is 1.61. The number of ether oxygens (including phenoxy) is 1. The van der Waals surface area contributed by atoms with Crippen LogP contribution < -0.4 is 15.8 Å². The monoisotopic (exact) mass is 250 g/mol. The molecule has 3 N–H and O–H groups in total. The van der Waals surface area contributed by atoms with E-state index in [4.69, 9.17) is 10.5 Å². The highest BCUT2D eigenvalue weighted by molar-refractivity contribution is 5.92. The average Bonchev–Trinajstić information content (AvgIpc) is 2.32. The Hall–Kier alpha value is -1.55. The van der Waals surface area contributed by atoms with Gasteiger partial charge in [0.25, 0.3) is 0 Å². The van der Waals surface area contributed by atoms with Gasteiger partial charge in [0.05, 0.1) is 12.3 Å². The minimum Gasteiger partial charge on any atom is -0.492 e. The summed E-state index contributed by atoms with van der Waals surface area (Å²) in [7, 11) is 0. The van der Waals surface area contributed by atoms with Gasteiger partial charge in [-0.3, -0.25) is 4.79 Å². The molecule has 0 aliphatic carbocycles. The van der Waals surface area contributed by atoms with E-state index in [-0.39, 0.29) is 11.8 Å². The molecule has 0 fully saturated rings. The molecule has 0 aliphatic heterocycles. The van der Waals surface area contributed by atoms with E-state index < -0.39 is 0 Å². The van der Waals surface area contributed by atoms with Gasteiger partial charge in [-0.25, -0.2) is 0 Å². The van der Waals surface area contributed by atoms with Crippen LogP contribution in [0.1, 0.15) is 25.8 Å². The van der Waals surface area contributed by atoms with Crippen molar-refractivity contribution in [2.75, 3.05) is 18.5 Å². The van der Waals surface area contributed by atoms with E-state index in [1.165, 1.54) is 0 Å². The Morgan fingerprint density at radius 2 is 2.22 bits per heavy atom. The lowest BCUT2D eigenvalue weighted by atomic mass is 10.1. The molecule has 0 saturated heterocycles. The molecule has 0 heterocycles. The third kappa shape index (κ3) is 4.37. The minimum absolute atomic E-state index is 0.0299. The van der Waals surface area contributed by atoms with E-state index in [0.717, 1.165) is 11.3 Å². The van der Waals surface area contributed by atoms with Gasteiger partial charge in [-0.05, 0) is 44.0 Å². The fraction of sp³-hybridized carbons (Fsp3) is 0.500. The normalized spacial score (nSPS) is 12.0. The maximum absolute atomic E-state index is 11.8. The molecule has 4 heteroatoms. The molecule has 1 aromatic rings. The van der Waals surface area contributed by atoms with Crippen LogP contribution in [0.5, 0.6) is 5.75 Å². The topological polar surface area (TPSA) is 64.3 Å². The molecule has 0 spiro atoms. The molecule has 1 aromatic carbocycles. The summed E-state index contributed by atoms with van der Waals surface area (Å²) in [6, 6.07) is 5.74. The summed E-state index contributed by atoms with van der Waals surface area (Å²) in [4.78, 5) is 11.8. The molecular weight excluding hydrogens is 228 g/mol. The van der Waals surface area contributed by atoms with E-state index >= 15 is 0 Å². The molecule has 0 bridgehead atoms. The second-order valence-electron chi connectivity index (χ2n) is 4.53. The van der Waals surface area contributed by atoms with E-state index in [0.29, 0.717) is 25.3 Å². The Kier molecular flexibility index (Phi) is 5.65. The van der Waals surface area contributed by atoms with Crippen molar-refractivity contribution >= 4 is 11.6 Å². The summed E-state index contributed by atoms with van der Waals surface area (Å²) in [5.41, 5.74) is 7.33. The summed E-state index contributed by atoms with van der Waals surface area (Å²) in [6.45, 7) is 6.96. The lowest BCUT2D eigenvalue weighted by Crippen LogP contribution is -2.20. The van der Waals surface area contributed by atoms with Crippen LogP contribution in [0.2, 0.25) is 0 Å². The first-order valence-corrected chi connectivity index (χ1v) is 6.30. The molecule has 1 amide bonds. The number of nitrogens with one attached hydrogen (secondary N) is 1. The van der Waals surface area contributed by atoms with Gasteiger partial charge in [-0.1, -0.05) is 13.0 Å². The Morgan fingerprint density at radius 1 is 1.50 bits per heavy atom. The maximum atomic E-state index is 11.8. The molecule has 0 saturated carbocycles. The number of aryl methyl sites for hydroxylation is 1. The second kappa shape index (κ2) is 7.01. The molecule has 0 aliphatic rings. The average molecular weight is 250 g/mol. The number of nitrogens with two attached hydrogens (primary N) is 1. The predicted molar refractivity (Wildman–Crippen MR) is 73.8 cm³/mol. The van der Waals surface area contributed by atoms with Crippen LogP contribution in [0, 0.1) is 12.8 Å². The van der Waals surface area contributed by atoms with Crippen molar-refractivity contribution in [1.82, 2.24) is 0 Å². The molecule has 18 heavy (non-hydrogen) atoms. The molecule has 1 rings (SSSR count). The molecule has 0 radical (unpaired) electrons. The number of rotatable bonds is 6.